The summed E-state index contributed by atoms with van der Waals surface area (Å²) in [4.78, 5) is 19.2. The van der Waals surface area contributed by atoms with Gasteiger partial charge in [-0.2, -0.15) is 0 Å². The lowest BCUT2D eigenvalue weighted by Crippen LogP contribution is -1.99. The zero-order valence-electron chi connectivity index (χ0n) is 12.1. The van der Waals surface area contributed by atoms with Crippen molar-refractivity contribution in [2.75, 3.05) is 10.6 Å². The molecule has 0 aliphatic rings. The van der Waals surface area contributed by atoms with Crippen LogP contribution in [0.2, 0.25) is 0 Å². The van der Waals surface area contributed by atoms with E-state index in [4.69, 9.17) is 5.11 Å². The summed E-state index contributed by atoms with van der Waals surface area (Å²) in [6.07, 6.45) is 1.46. The number of aromatic carboxylic acids is 1. The first kappa shape index (κ1) is 14.5. The van der Waals surface area contributed by atoms with Crippen LogP contribution in [0.15, 0.2) is 67.0 Å². The zero-order valence-corrected chi connectivity index (χ0v) is 12.1. The Morgan fingerprint density at radius 3 is 1.96 bits per heavy atom. The fourth-order valence-corrected chi connectivity index (χ4v) is 2.01. The number of hydrogen-bond acceptors (Lipinski definition) is 5. The SMILES string of the molecule is O=C(O)c1ccc(Nc2cc(Nc3ccccc3)ncn2)cc1. The highest BCUT2D eigenvalue weighted by molar-refractivity contribution is 5.88. The summed E-state index contributed by atoms with van der Waals surface area (Å²) in [6.45, 7) is 0. The molecule has 0 amide bonds. The molecule has 1 heterocycles. The van der Waals surface area contributed by atoms with Gasteiger partial charge in [-0.3, -0.25) is 0 Å². The van der Waals surface area contributed by atoms with Crippen molar-refractivity contribution in [3.8, 4) is 0 Å². The predicted octanol–water partition coefficient (Wildman–Crippen LogP) is 3.66. The van der Waals surface area contributed by atoms with Crippen molar-refractivity contribution in [1.29, 1.82) is 0 Å². The van der Waals surface area contributed by atoms with E-state index in [1.165, 1.54) is 18.5 Å². The monoisotopic (exact) mass is 306 g/mol. The second-order valence-electron chi connectivity index (χ2n) is 4.79. The normalized spacial score (nSPS) is 10.1. The molecule has 0 radical (unpaired) electrons. The Morgan fingerprint density at radius 2 is 1.39 bits per heavy atom. The van der Waals surface area contributed by atoms with Gasteiger partial charge in [-0.15, -0.1) is 0 Å². The molecule has 0 spiro atoms. The first-order chi connectivity index (χ1) is 11.2. The van der Waals surface area contributed by atoms with E-state index in [1.54, 1.807) is 18.2 Å². The Balaban J connectivity index is 1.73. The number of nitrogens with zero attached hydrogens (tertiary/aromatic N) is 2. The number of carboxylic acid groups (broad SMARTS) is 1. The van der Waals surface area contributed by atoms with Crippen LogP contribution in [0.25, 0.3) is 0 Å². The molecular weight excluding hydrogens is 292 g/mol. The molecule has 3 rings (SSSR count). The van der Waals surface area contributed by atoms with Gasteiger partial charge in [0.15, 0.2) is 0 Å². The Hall–Kier alpha value is -3.41. The highest BCUT2D eigenvalue weighted by Crippen LogP contribution is 2.19. The summed E-state index contributed by atoms with van der Waals surface area (Å²) in [5.74, 6) is 0.324. The van der Waals surface area contributed by atoms with Crippen LogP contribution in [0.5, 0.6) is 0 Å². The first-order valence-electron chi connectivity index (χ1n) is 6.95. The second-order valence-corrected chi connectivity index (χ2v) is 4.79. The van der Waals surface area contributed by atoms with E-state index >= 15 is 0 Å². The number of benzene rings is 2. The number of hydrogen-bond donors (Lipinski definition) is 3. The summed E-state index contributed by atoms with van der Waals surface area (Å²) >= 11 is 0. The minimum absolute atomic E-state index is 0.240. The van der Waals surface area contributed by atoms with E-state index < -0.39 is 5.97 Å². The molecule has 3 N–H and O–H groups in total. The van der Waals surface area contributed by atoms with Crippen LogP contribution >= 0.6 is 0 Å². The minimum atomic E-state index is -0.951. The molecule has 6 heteroatoms. The van der Waals surface area contributed by atoms with Crippen LogP contribution in [-0.2, 0) is 0 Å². The third-order valence-electron chi connectivity index (χ3n) is 3.12. The van der Waals surface area contributed by atoms with Gasteiger partial charge in [0.25, 0.3) is 0 Å². The van der Waals surface area contributed by atoms with Gasteiger partial charge >= 0.3 is 5.97 Å². The molecule has 2 aromatic carbocycles. The number of rotatable bonds is 5. The number of carbonyl (C=O) groups is 1. The van der Waals surface area contributed by atoms with Crippen molar-refractivity contribution in [2.45, 2.75) is 0 Å². The Labute approximate surface area is 132 Å². The molecule has 0 aliphatic heterocycles. The maximum Gasteiger partial charge on any atom is 0.335 e. The zero-order chi connectivity index (χ0) is 16.1. The minimum Gasteiger partial charge on any atom is -0.478 e. The number of nitrogens with one attached hydrogen (secondary N) is 2. The largest absolute Gasteiger partial charge is 0.478 e. The van der Waals surface area contributed by atoms with E-state index in [-0.39, 0.29) is 5.56 Å². The lowest BCUT2D eigenvalue weighted by Gasteiger charge is -2.08. The van der Waals surface area contributed by atoms with E-state index in [0.717, 1.165) is 11.4 Å². The number of anilines is 4. The van der Waals surface area contributed by atoms with Crippen LogP contribution in [0, 0.1) is 0 Å². The van der Waals surface area contributed by atoms with Crippen LogP contribution in [0.1, 0.15) is 10.4 Å². The van der Waals surface area contributed by atoms with Gasteiger partial charge in [-0.25, -0.2) is 14.8 Å². The molecule has 23 heavy (non-hydrogen) atoms. The third kappa shape index (κ3) is 3.82. The number of carboxylic acids is 1. The van der Waals surface area contributed by atoms with Gasteiger partial charge in [0.05, 0.1) is 5.56 Å². The molecule has 1 aromatic heterocycles. The van der Waals surface area contributed by atoms with Gasteiger partial charge in [0.2, 0.25) is 0 Å². The lowest BCUT2D eigenvalue weighted by molar-refractivity contribution is 0.0697. The van der Waals surface area contributed by atoms with Crippen LogP contribution < -0.4 is 10.6 Å². The average Bonchev–Trinajstić information content (AvgIpc) is 2.57. The summed E-state index contributed by atoms with van der Waals surface area (Å²) in [5.41, 5.74) is 1.92. The summed E-state index contributed by atoms with van der Waals surface area (Å²) < 4.78 is 0. The molecule has 0 unspecified atom stereocenters. The third-order valence-corrected chi connectivity index (χ3v) is 3.12. The highest BCUT2D eigenvalue weighted by Gasteiger charge is 2.03. The maximum absolute atomic E-state index is 10.8. The average molecular weight is 306 g/mol. The van der Waals surface area contributed by atoms with Crippen molar-refractivity contribution in [2.24, 2.45) is 0 Å². The van der Waals surface area contributed by atoms with Crippen molar-refractivity contribution in [3.05, 3.63) is 72.6 Å². The Bertz CT molecular complexity index is 804. The van der Waals surface area contributed by atoms with Crippen molar-refractivity contribution in [3.63, 3.8) is 0 Å². The summed E-state index contributed by atoms with van der Waals surface area (Å²) in [5, 5.41) is 15.2. The molecule has 0 fully saturated rings. The van der Waals surface area contributed by atoms with Gasteiger partial charge < -0.3 is 15.7 Å². The molecule has 3 aromatic rings. The van der Waals surface area contributed by atoms with Gasteiger partial charge in [0, 0.05) is 17.4 Å². The Morgan fingerprint density at radius 1 is 0.826 bits per heavy atom. The smallest absolute Gasteiger partial charge is 0.335 e. The van der Waals surface area contributed by atoms with E-state index in [0.29, 0.717) is 11.6 Å². The van der Waals surface area contributed by atoms with Gasteiger partial charge in [-0.05, 0) is 36.4 Å². The van der Waals surface area contributed by atoms with Crippen molar-refractivity contribution < 1.29 is 9.90 Å². The van der Waals surface area contributed by atoms with E-state index in [1.807, 2.05) is 30.3 Å². The topological polar surface area (TPSA) is 87.1 Å². The second kappa shape index (κ2) is 6.57. The number of para-hydroxylation sites is 1. The maximum atomic E-state index is 10.8. The summed E-state index contributed by atoms with van der Waals surface area (Å²) in [7, 11) is 0. The highest BCUT2D eigenvalue weighted by atomic mass is 16.4. The molecule has 0 bridgehead atoms. The fourth-order valence-electron chi connectivity index (χ4n) is 2.01. The van der Waals surface area contributed by atoms with Crippen molar-refractivity contribution in [1.82, 2.24) is 9.97 Å². The standard InChI is InChI=1S/C17H14N4O2/c22-17(23)12-6-8-14(9-7-12)21-16-10-15(18-11-19-16)20-13-4-2-1-3-5-13/h1-11H,(H,22,23)(H2,18,19,20,21). The molecule has 0 atom stereocenters. The van der Waals surface area contributed by atoms with Gasteiger partial charge in [-0.1, -0.05) is 18.2 Å². The number of aromatic nitrogens is 2. The fraction of sp³-hybridized carbons (Fsp3) is 0. The van der Waals surface area contributed by atoms with Crippen LogP contribution in [0.3, 0.4) is 0 Å². The van der Waals surface area contributed by atoms with Crippen LogP contribution in [-0.4, -0.2) is 21.0 Å². The van der Waals surface area contributed by atoms with E-state index in [9.17, 15) is 4.79 Å². The predicted molar refractivity (Wildman–Crippen MR) is 88.4 cm³/mol. The quantitative estimate of drug-likeness (QED) is 0.667. The molecule has 0 saturated heterocycles. The molecular formula is C17H14N4O2. The molecule has 6 nitrogen and oxygen atoms in total. The molecule has 0 aliphatic carbocycles. The van der Waals surface area contributed by atoms with E-state index in [2.05, 4.69) is 20.6 Å². The van der Waals surface area contributed by atoms with Crippen LogP contribution in [0.4, 0.5) is 23.0 Å². The Kier molecular flexibility index (Phi) is 4.15. The molecule has 0 saturated carbocycles. The van der Waals surface area contributed by atoms with Crippen molar-refractivity contribution >= 4 is 29.0 Å². The summed E-state index contributed by atoms with van der Waals surface area (Å²) in [6, 6.07) is 17.9. The molecule has 114 valence electrons. The van der Waals surface area contributed by atoms with Gasteiger partial charge in [0.1, 0.15) is 18.0 Å². The first-order valence-corrected chi connectivity index (χ1v) is 6.95. The lowest BCUT2D eigenvalue weighted by atomic mass is 10.2.